The predicted molar refractivity (Wildman–Crippen MR) is 84.3 cm³/mol. The van der Waals surface area contributed by atoms with Crippen molar-refractivity contribution in [2.45, 2.75) is 32.9 Å². The summed E-state index contributed by atoms with van der Waals surface area (Å²) >= 11 is 0. The predicted octanol–water partition coefficient (Wildman–Crippen LogP) is 2.05. The van der Waals surface area contributed by atoms with Crippen LogP contribution in [0.1, 0.15) is 36.7 Å². The van der Waals surface area contributed by atoms with Gasteiger partial charge in [-0.25, -0.2) is 0 Å². The first-order valence-corrected chi connectivity index (χ1v) is 7.63. The lowest BCUT2D eigenvalue weighted by Gasteiger charge is -2.19. The molecule has 0 radical (unpaired) electrons. The molecule has 112 valence electrons. The van der Waals surface area contributed by atoms with Crippen molar-refractivity contribution in [1.29, 1.82) is 0 Å². The highest BCUT2D eigenvalue weighted by atomic mass is 15.4. The standard InChI is InChI=1S/C16H23N5/c1-4-17-12(2)13-5-6-16-14(9-13)7-8-21(16)11-15-10-20(3)19-18-15/h5-6,9-10,12,17H,4,7-8,11H2,1-3H3. The molecule has 21 heavy (non-hydrogen) atoms. The molecular weight excluding hydrogens is 262 g/mol. The van der Waals surface area contributed by atoms with E-state index in [0.717, 1.165) is 31.7 Å². The summed E-state index contributed by atoms with van der Waals surface area (Å²) < 4.78 is 1.76. The average molecular weight is 285 g/mol. The maximum absolute atomic E-state index is 4.18. The van der Waals surface area contributed by atoms with E-state index in [1.54, 1.807) is 4.68 Å². The van der Waals surface area contributed by atoms with Crippen LogP contribution in [0.5, 0.6) is 0 Å². The number of hydrogen-bond acceptors (Lipinski definition) is 4. The van der Waals surface area contributed by atoms with Gasteiger partial charge in [-0.3, -0.25) is 4.68 Å². The van der Waals surface area contributed by atoms with Gasteiger partial charge in [-0.15, -0.1) is 5.10 Å². The summed E-state index contributed by atoms with van der Waals surface area (Å²) in [4.78, 5) is 2.39. The van der Waals surface area contributed by atoms with Crippen LogP contribution in [-0.4, -0.2) is 28.1 Å². The summed E-state index contributed by atoms with van der Waals surface area (Å²) in [7, 11) is 1.91. The van der Waals surface area contributed by atoms with Gasteiger partial charge in [0, 0.05) is 31.5 Å². The number of fused-ring (bicyclic) bond motifs is 1. The van der Waals surface area contributed by atoms with E-state index in [9.17, 15) is 0 Å². The fraction of sp³-hybridized carbons (Fsp3) is 0.500. The number of benzene rings is 1. The third-order valence-corrected chi connectivity index (χ3v) is 4.11. The minimum absolute atomic E-state index is 0.411. The van der Waals surface area contributed by atoms with Crippen molar-refractivity contribution in [3.8, 4) is 0 Å². The molecular formula is C16H23N5. The number of nitrogens with one attached hydrogen (secondary N) is 1. The van der Waals surface area contributed by atoms with E-state index in [1.807, 2.05) is 13.2 Å². The Morgan fingerprint density at radius 3 is 2.95 bits per heavy atom. The Hall–Kier alpha value is -1.88. The van der Waals surface area contributed by atoms with Gasteiger partial charge in [-0.2, -0.15) is 0 Å². The highest BCUT2D eigenvalue weighted by Crippen LogP contribution is 2.31. The minimum Gasteiger partial charge on any atom is -0.365 e. The van der Waals surface area contributed by atoms with E-state index >= 15 is 0 Å². The Balaban J connectivity index is 1.76. The van der Waals surface area contributed by atoms with Crippen LogP contribution < -0.4 is 10.2 Å². The quantitative estimate of drug-likeness (QED) is 0.913. The molecule has 2 aromatic rings. The van der Waals surface area contributed by atoms with E-state index in [2.05, 4.69) is 52.6 Å². The largest absolute Gasteiger partial charge is 0.365 e. The normalized spacial score (nSPS) is 15.3. The van der Waals surface area contributed by atoms with E-state index in [4.69, 9.17) is 0 Å². The average Bonchev–Trinajstić information content (AvgIpc) is 3.06. The van der Waals surface area contributed by atoms with E-state index in [1.165, 1.54) is 16.8 Å². The second-order valence-corrected chi connectivity index (χ2v) is 5.72. The molecule has 1 aromatic carbocycles. The fourth-order valence-corrected chi connectivity index (χ4v) is 3.01. The molecule has 0 amide bonds. The van der Waals surface area contributed by atoms with Crippen molar-refractivity contribution in [3.63, 3.8) is 0 Å². The summed E-state index contributed by atoms with van der Waals surface area (Å²) in [6.45, 7) is 7.26. The summed E-state index contributed by atoms with van der Waals surface area (Å²) in [5.41, 5.74) is 5.18. The lowest BCUT2D eigenvalue weighted by atomic mass is 10.0. The van der Waals surface area contributed by atoms with Crippen LogP contribution in [-0.2, 0) is 20.0 Å². The molecule has 0 spiro atoms. The van der Waals surface area contributed by atoms with Gasteiger partial charge >= 0.3 is 0 Å². The monoisotopic (exact) mass is 285 g/mol. The van der Waals surface area contributed by atoms with Gasteiger partial charge in [0.15, 0.2) is 0 Å². The van der Waals surface area contributed by atoms with Crippen LogP contribution in [0.25, 0.3) is 0 Å². The third-order valence-electron chi connectivity index (χ3n) is 4.11. The molecule has 1 aliphatic rings. The first kappa shape index (κ1) is 14.1. The molecule has 1 aliphatic heterocycles. The smallest absolute Gasteiger partial charge is 0.102 e. The Kier molecular flexibility index (Phi) is 3.92. The van der Waals surface area contributed by atoms with Gasteiger partial charge < -0.3 is 10.2 Å². The highest BCUT2D eigenvalue weighted by molar-refractivity contribution is 5.59. The number of rotatable bonds is 5. The summed E-state index contributed by atoms with van der Waals surface area (Å²) in [5.74, 6) is 0. The van der Waals surface area contributed by atoms with Crippen LogP contribution in [0.3, 0.4) is 0 Å². The lowest BCUT2D eigenvalue weighted by molar-refractivity contribution is 0.598. The van der Waals surface area contributed by atoms with Gasteiger partial charge in [0.1, 0.15) is 5.69 Å². The zero-order valence-electron chi connectivity index (χ0n) is 13.0. The van der Waals surface area contributed by atoms with Crippen LogP contribution in [0.4, 0.5) is 5.69 Å². The molecule has 0 bridgehead atoms. The van der Waals surface area contributed by atoms with E-state index < -0.39 is 0 Å². The number of aryl methyl sites for hydroxylation is 1. The molecule has 1 aromatic heterocycles. The highest BCUT2D eigenvalue weighted by Gasteiger charge is 2.21. The Labute approximate surface area is 126 Å². The molecule has 1 atom stereocenters. The number of anilines is 1. The Bertz CT molecular complexity index is 619. The topological polar surface area (TPSA) is 46.0 Å². The number of hydrogen-bond donors (Lipinski definition) is 1. The van der Waals surface area contributed by atoms with Crippen molar-refractivity contribution in [3.05, 3.63) is 41.2 Å². The third kappa shape index (κ3) is 2.93. The molecule has 5 heteroatoms. The van der Waals surface area contributed by atoms with Crippen LogP contribution in [0, 0.1) is 0 Å². The molecule has 0 saturated heterocycles. The van der Waals surface area contributed by atoms with E-state index in [0.29, 0.717) is 6.04 Å². The Morgan fingerprint density at radius 1 is 1.38 bits per heavy atom. The van der Waals surface area contributed by atoms with Crippen molar-refractivity contribution >= 4 is 5.69 Å². The van der Waals surface area contributed by atoms with Crippen LogP contribution in [0.15, 0.2) is 24.4 Å². The maximum Gasteiger partial charge on any atom is 0.102 e. The lowest BCUT2D eigenvalue weighted by Crippen LogP contribution is -2.20. The summed E-state index contributed by atoms with van der Waals surface area (Å²) in [6.07, 6.45) is 3.10. The summed E-state index contributed by atoms with van der Waals surface area (Å²) in [6, 6.07) is 7.25. The SMILES string of the molecule is CCNC(C)c1ccc2c(c1)CCN2Cc1cn(C)nn1. The molecule has 1 unspecified atom stereocenters. The van der Waals surface area contributed by atoms with Gasteiger partial charge in [0.05, 0.1) is 6.54 Å². The van der Waals surface area contributed by atoms with Gasteiger partial charge in [-0.05, 0) is 37.1 Å². The first-order valence-electron chi connectivity index (χ1n) is 7.63. The molecule has 5 nitrogen and oxygen atoms in total. The molecule has 0 fully saturated rings. The number of nitrogens with zero attached hydrogens (tertiary/aromatic N) is 4. The van der Waals surface area contributed by atoms with Crippen LogP contribution >= 0.6 is 0 Å². The van der Waals surface area contributed by atoms with Crippen LogP contribution in [0.2, 0.25) is 0 Å². The Morgan fingerprint density at radius 2 is 2.24 bits per heavy atom. The maximum atomic E-state index is 4.18. The molecule has 3 rings (SSSR count). The number of aromatic nitrogens is 3. The molecule has 0 aliphatic carbocycles. The van der Waals surface area contributed by atoms with E-state index in [-0.39, 0.29) is 0 Å². The van der Waals surface area contributed by atoms with Crippen molar-refractivity contribution in [2.24, 2.45) is 7.05 Å². The van der Waals surface area contributed by atoms with Gasteiger partial charge in [0.25, 0.3) is 0 Å². The minimum atomic E-state index is 0.411. The molecule has 1 N–H and O–H groups in total. The zero-order chi connectivity index (χ0) is 14.8. The second kappa shape index (κ2) is 5.85. The zero-order valence-corrected chi connectivity index (χ0v) is 13.0. The van der Waals surface area contributed by atoms with Crippen molar-refractivity contribution < 1.29 is 0 Å². The van der Waals surface area contributed by atoms with Gasteiger partial charge in [0.2, 0.25) is 0 Å². The summed E-state index contributed by atoms with van der Waals surface area (Å²) in [5, 5.41) is 11.7. The van der Waals surface area contributed by atoms with Crippen molar-refractivity contribution in [1.82, 2.24) is 20.3 Å². The van der Waals surface area contributed by atoms with Gasteiger partial charge in [-0.1, -0.05) is 24.3 Å². The molecule has 2 heterocycles. The second-order valence-electron chi connectivity index (χ2n) is 5.72. The molecule has 0 saturated carbocycles. The van der Waals surface area contributed by atoms with Crippen molar-refractivity contribution in [2.75, 3.05) is 18.0 Å². The first-order chi connectivity index (χ1) is 10.2. The fourth-order valence-electron chi connectivity index (χ4n) is 3.01.